The minimum atomic E-state index is -0.141. The van der Waals surface area contributed by atoms with Crippen molar-refractivity contribution in [3.8, 4) is 11.5 Å². The van der Waals surface area contributed by atoms with Gasteiger partial charge in [-0.15, -0.1) is 0 Å². The molecule has 0 saturated heterocycles. The monoisotopic (exact) mass is 528 g/mol. The molecule has 2 aromatic carbocycles. The molecule has 0 radical (unpaired) electrons. The van der Waals surface area contributed by atoms with E-state index in [2.05, 4.69) is 63.7 Å². The molecule has 2 rings (SSSR count). The summed E-state index contributed by atoms with van der Waals surface area (Å²) in [5.74, 6) is 1.24. The third kappa shape index (κ3) is 2.65. The molecule has 106 valence electrons. The van der Waals surface area contributed by atoms with E-state index in [9.17, 15) is 4.79 Å². The van der Waals surface area contributed by atoms with E-state index in [0.29, 0.717) is 20.4 Å². The molecule has 0 saturated carbocycles. The summed E-state index contributed by atoms with van der Waals surface area (Å²) < 4.78 is 13.2. The summed E-state index contributed by atoms with van der Waals surface area (Å²) in [7, 11) is 3.15. The highest BCUT2D eigenvalue weighted by Gasteiger charge is 2.18. The Bertz CT molecular complexity index is 698. The van der Waals surface area contributed by atoms with Crippen LogP contribution in [-0.4, -0.2) is 14.2 Å². The fraction of sp³-hybridized carbons (Fsp3) is 0.154. The SMILES string of the molecule is COc1c(Br)c(Br)c(OC)c2cc(Br)c(=O)c(Br)cc12. The quantitative estimate of drug-likeness (QED) is 0.530. The van der Waals surface area contributed by atoms with Crippen molar-refractivity contribution in [3.05, 3.63) is 40.2 Å². The summed E-state index contributed by atoms with van der Waals surface area (Å²) in [6.45, 7) is 0. The highest BCUT2D eigenvalue weighted by Crippen LogP contribution is 2.46. The smallest absolute Gasteiger partial charge is 0.206 e. The Morgan fingerprint density at radius 2 is 1.15 bits per heavy atom. The molecule has 0 aliphatic heterocycles. The maximum atomic E-state index is 12.0. The normalized spacial score (nSPS) is 10.7. The zero-order valence-electron chi connectivity index (χ0n) is 10.4. The van der Waals surface area contributed by atoms with E-state index >= 15 is 0 Å². The van der Waals surface area contributed by atoms with Gasteiger partial charge in [0.1, 0.15) is 11.5 Å². The highest BCUT2D eigenvalue weighted by atomic mass is 79.9. The van der Waals surface area contributed by atoms with Crippen molar-refractivity contribution in [2.24, 2.45) is 0 Å². The number of ether oxygens (including phenoxy) is 2. The second-order valence-corrected chi connectivity index (χ2v) is 7.13. The van der Waals surface area contributed by atoms with E-state index in [-0.39, 0.29) is 5.43 Å². The van der Waals surface area contributed by atoms with Gasteiger partial charge in [0.2, 0.25) is 5.43 Å². The molecule has 0 unspecified atom stereocenters. The highest BCUT2D eigenvalue weighted by molar-refractivity contribution is 9.13. The van der Waals surface area contributed by atoms with Crippen LogP contribution in [-0.2, 0) is 0 Å². The van der Waals surface area contributed by atoms with Crippen LogP contribution in [0.2, 0.25) is 0 Å². The zero-order valence-corrected chi connectivity index (χ0v) is 16.7. The van der Waals surface area contributed by atoms with E-state index in [0.717, 1.165) is 19.7 Å². The number of fused-ring (bicyclic) bond motifs is 1. The Labute approximate surface area is 149 Å². The van der Waals surface area contributed by atoms with Gasteiger partial charge in [0.05, 0.1) is 32.1 Å². The van der Waals surface area contributed by atoms with Crippen LogP contribution in [0.5, 0.6) is 11.5 Å². The van der Waals surface area contributed by atoms with Gasteiger partial charge in [-0.3, -0.25) is 4.79 Å². The molecule has 2 aromatic rings. The lowest BCUT2D eigenvalue weighted by molar-refractivity contribution is 0.406. The van der Waals surface area contributed by atoms with Crippen LogP contribution in [0, 0.1) is 0 Å². The molecule has 0 aliphatic rings. The molecular weight excluding hydrogens is 524 g/mol. The predicted molar refractivity (Wildman–Crippen MR) is 94.1 cm³/mol. The Morgan fingerprint density at radius 3 is 1.45 bits per heavy atom. The summed E-state index contributed by atoms with van der Waals surface area (Å²) >= 11 is 13.5. The number of methoxy groups -OCH3 is 2. The van der Waals surface area contributed by atoms with Crippen molar-refractivity contribution >= 4 is 74.5 Å². The van der Waals surface area contributed by atoms with Crippen LogP contribution in [0.3, 0.4) is 0 Å². The predicted octanol–water partition coefficient (Wildman–Crippen LogP) is 5.27. The Kier molecular flexibility index (Phi) is 5.15. The van der Waals surface area contributed by atoms with Gasteiger partial charge in [0, 0.05) is 10.8 Å². The average molecular weight is 532 g/mol. The molecule has 0 aromatic heterocycles. The number of hydrogen-bond donors (Lipinski definition) is 0. The lowest BCUT2D eigenvalue weighted by Gasteiger charge is -2.13. The summed E-state index contributed by atoms with van der Waals surface area (Å²) in [4.78, 5) is 12.0. The third-order valence-corrected chi connectivity index (χ3v) is 5.98. The fourth-order valence-corrected chi connectivity index (χ4v) is 4.13. The molecule has 0 heterocycles. The first-order valence-corrected chi connectivity index (χ1v) is 8.51. The van der Waals surface area contributed by atoms with E-state index < -0.39 is 0 Å². The first-order chi connectivity index (χ1) is 9.42. The second-order valence-electron chi connectivity index (χ2n) is 3.84. The molecule has 0 fully saturated rings. The van der Waals surface area contributed by atoms with E-state index in [1.54, 1.807) is 26.4 Å². The van der Waals surface area contributed by atoms with Crippen molar-refractivity contribution in [2.45, 2.75) is 0 Å². The summed E-state index contributed by atoms with van der Waals surface area (Å²) in [6, 6.07) is 3.45. The lowest BCUT2D eigenvalue weighted by atomic mass is 10.1. The third-order valence-electron chi connectivity index (χ3n) is 2.76. The molecule has 0 bridgehead atoms. The lowest BCUT2D eigenvalue weighted by Crippen LogP contribution is -1.97. The number of halogens is 4. The Hall–Kier alpha value is -0.110. The van der Waals surface area contributed by atoms with Crippen molar-refractivity contribution in [2.75, 3.05) is 14.2 Å². The first kappa shape index (κ1) is 16.3. The molecule has 20 heavy (non-hydrogen) atoms. The second kappa shape index (κ2) is 6.34. The maximum Gasteiger partial charge on any atom is 0.206 e. The van der Waals surface area contributed by atoms with E-state index in [1.807, 2.05) is 0 Å². The molecular formula is C13H8Br4O3. The van der Waals surface area contributed by atoms with Crippen LogP contribution in [0.25, 0.3) is 10.8 Å². The van der Waals surface area contributed by atoms with Crippen molar-refractivity contribution in [1.82, 2.24) is 0 Å². The topological polar surface area (TPSA) is 35.5 Å². The summed E-state index contributed by atoms with van der Waals surface area (Å²) in [5.41, 5.74) is -0.141. The van der Waals surface area contributed by atoms with Gasteiger partial charge in [0.15, 0.2) is 0 Å². The standard InChI is InChI=1S/C13H8Br4O3/c1-19-12-5-3-7(14)11(18)8(15)4-6(5)13(20-2)10(17)9(12)16/h3-4H,1-2H3. The van der Waals surface area contributed by atoms with Crippen LogP contribution >= 0.6 is 63.7 Å². The minimum absolute atomic E-state index is 0.141. The van der Waals surface area contributed by atoms with Crippen molar-refractivity contribution in [1.29, 1.82) is 0 Å². The van der Waals surface area contributed by atoms with Crippen LogP contribution in [0.15, 0.2) is 34.8 Å². The number of benzene rings is 1. The van der Waals surface area contributed by atoms with E-state index in [1.165, 1.54) is 0 Å². The van der Waals surface area contributed by atoms with Gasteiger partial charge in [-0.2, -0.15) is 0 Å². The molecule has 0 spiro atoms. The number of hydrogen-bond acceptors (Lipinski definition) is 3. The largest absolute Gasteiger partial charge is 0.495 e. The molecule has 0 N–H and O–H groups in total. The van der Waals surface area contributed by atoms with Crippen molar-refractivity contribution in [3.63, 3.8) is 0 Å². The summed E-state index contributed by atoms with van der Waals surface area (Å²) in [6.07, 6.45) is 0. The van der Waals surface area contributed by atoms with Gasteiger partial charge in [-0.25, -0.2) is 0 Å². The minimum Gasteiger partial charge on any atom is -0.495 e. The molecule has 3 nitrogen and oxygen atoms in total. The Morgan fingerprint density at radius 1 is 0.800 bits per heavy atom. The van der Waals surface area contributed by atoms with Crippen molar-refractivity contribution < 1.29 is 9.47 Å². The van der Waals surface area contributed by atoms with Gasteiger partial charge in [-0.05, 0) is 75.9 Å². The molecule has 0 atom stereocenters. The van der Waals surface area contributed by atoms with Gasteiger partial charge < -0.3 is 9.47 Å². The van der Waals surface area contributed by atoms with Gasteiger partial charge >= 0.3 is 0 Å². The average Bonchev–Trinajstić information content (AvgIpc) is 2.53. The molecule has 0 amide bonds. The Balaban J connectivity index is 3.17. The summed E-state index contributed by atoms with van der Waals surface area (Å²) in [5, 5.41) is 1.52. The maximum absolute atomic E-state index is 12.0. The van der Waals surface area contributed by atoms with Crippen LogP contribution < -0.4 is 14.9 Å². The zero-order chi connectivity index (χ0) is 15.0. The van der Waals surface area contributed by atoms with Crippen LogP contribution in [0.4, 0.5) is 0 Å². The van der Waals surface area contributed by atoms with E-state index in [4.69, 9.17) is 9.47 Å². The van der Waals surface area contributed by atoms with Gasteiger partial charge in [0.25, 0.3) is 0 Å². The number of rotatable bonds is 2. The fourth-order valence-electron chi connectivity index (χ4n) is 1.86. The first-order valence-electron chi connectivity index (χ1n) is 5.34. The molecule has 7 heteroatoms. The van der Waals surface area contributed by atoms with Gasteiger partial charge in [-0.1, -0.05) is 0 Å². The van der Waals surface area contributed by atoms with Crippen LogP contribution in [0.1, 0.15) is 0 Å². The molecule has 0 aliphatic carbocycles.